The van der Waals surface area contributed by atoms with Crippen LogP contribution in [0.1, 0.15) is 46.0 Å². The van der Waals surface area contributed by atoms with Crippen molar-refractivity contribution in [1.29, 1.82) is 0 Å². The van der Waals surface area contributed by atoms with E-state index in [-0.39, 0.29) is 17.4 Å². The number of carbonyl (C=O) groups is 1. The van der Waals surface area contributed by atoms with Crippen molar-refractivity contribution in [2.24, 2.45) is 11.3 Å². The fraction of sp³-hybridized carbons (Fsp3) is 0.933. The van der Waals surface area contributed by atoms with Gasteiger partial charge in [-0.15, -0.1) is 0 Å². The van der Waals surface area contributed by atoms with Gasteiger partial charge in [0.15, 0.2) is 0 Å². The Hall–Kier alpha value is -0.610. The molecule has 2 aliphatic rings. The average Bonchev–Trinajstić information content (AvgIpc) is 2.47. The zero-order valence-electron chi connectivity index (χ0n) is 12.3. The number of piperidine rings is 1. The number of nitrogens with one attached hydrogen (secondary N) is 2. The molecule has 4 heteroatoms. The molecule has 1 amide bonds. The molecule has 0 spiro atoms. The van der Waals surface area contributed by atoms with Crippen molar-refractivity contribution >= 4 is 5.91 Å². The third-order valence-corrected chi connectivity index (χ3v) is 4.67. The van der Waals surface area contributed by atoms with Crippen LogP contribution in [0.3, 0.4) is 0 Å². The van der Waals surface area contributed by atoms with Crippen LogP contribution in [-0.4, -0.2) is 38.3 Å². The molecular weight excluding hydrogens is 240 g/mol. The first-order chi connectivity index (χ1) is 9.09. The lowest BCUT2D eigenvalue weighted by molar-refractivity contribution is -0.124. The summed E-state index contributed by atoms with van der Waals surface area (Å²) in [6, 6.07) is 0.0271. The monoisotopic (exact) mass is 268 g/mol. The van der Waals surface area contributed by atoms with Crippen LogP contribution in [0.5, 0.6) is 0 Å². The van der Waals surface area contributed by atoms with E-state index in [4.69, 9.17) is 4.74 Å². The van der Waals surface area contributed by atoms with E-state index < -0.39 is 0 Å². The smallest absolute Gasteiger partial charge is 0.237 e. The van der Waals surface area contributed by atoms with Crippen molar-refractivity contribution in [3.05, 3.63) is 0 Å². The maximum Gasteiger partial charge on any atom is 0.237 e. The number of amides is 1. The van der Waals surface area contributed by atoms with Gasteiger partial charge in [0, 0.05) is 19.8 Å². The van der Waals surface area contributed by atoms with Crippen LogP contribution in [0.15, 0.2) is 0 Å². The van der Waals surface area contributed by atoms with Crippen molar-refractivity contribution in [2.45, 2.75) is 52.0 Å². The molecule has 2 aliphatic heterocycles. The minimum Gasteiger partial charge on any atom is -0.381 e. The Bertz CT molecular complexity index is 293. The molecule has 0 bridgehead atoms. The molecule has 2 fully saturated rings. The Balaban J connectivity index is 1.77. The van der Waals surface area contributed by atoms with Gasteiger partial charge in [-0.05, 0) is 43.6 Å². The van der Waals surface area contributed by atoms with E-state index in [0.29, 0.717) is 5.92 Å². The standard InChI is InChI=1S/C15H28N2O2/c1-15(2,12-6-9-19-10-7-12)11-17-14(18)13-5-3-4-8-16-13/h12-13,16H,3-11H2,1-2H3,(H,17,18). The van der Waals surface area contributed by atoms with Crippen LogP contribution < -0.4 is 10.6 Å². The summed E-state index contributed by atoms with van der Waals surface area (Å²) in [5.41, 5.74) is 0.161. The van der Waals surface area contributed by atoms with Crippen LogP contribution in [0, 0.1) is 11.3 Å². The Morgan fingerprint density at radius 1 is 1.26 bits per heavy atom. The Labute approximate surface area is 116 Å². The molecule has 4 nitrogen and oxygen atoms in total. The van der Waals surface area contributed by atoms with Crippen molar-refractivity contribution in [1.82, 2.24) is 10.6 Å². The van der Waals surface area contributed by atoms with Gasteiger partial charge in [0.2, 0.25) is 5.91 Å². The molecule has 0 saturated carbocycles. The van der Waals surface area contributed by atoms with Crippen molar-refractivity contribution in [3.63, 3.8) is 0 Å². The molecule has 1 atom stereocenters. The summed E-state index contributed by atoms with van der Waals surface area (Å²) in [4.78, 5) is 12.1. The molecule has 0 aromatic carbocycles. The molecule has 1 unspecified atom stereocenters. The van der Waals surface area contributed by atoms with Crippen molar-refractivity contribution in [3.8, 4) is 0 Å². The maximum atomic E-state index is 12.1. The summed E-state index contributed by atoms with van der Waals surface area (Å²) in [5.74, 6) is 0.834. The summed E-state index contributed by atoms with van der Waals surface area (Å²) in [5, 5.41) is 6.45. The molecule has 0 radical (unpaired) electrons. The number of rotatable bonds is 4. The quantitative estimate of drug-likeness (QED) is 0.816. The highest BCUT2D eigenvalue weighted by Gasteiger charge is 2.32. The molecule has 2 N–H and O–H groups in total. The Morgan fingerprint density at radius 2 is 2.00 bits per heavy atom. The largest absolute Gasteiger partial charge is 0.381 e. The van der Waals surface area contributed by atoms with E-state index in [0.717, 1.165) is 52.0 Å². The van der Waals surface area contributed by atoms with Gasteiger partial charge in [-0.25, -0.2) is 0 Å². The van der Waals surface area contributed by atoms with Gasteiger partial charge >= 0.3 is 0 Å². The first kappa shape index (κ1) is 14.8. The minimum absolute atomic E-state index is 0.0271. The molecule has 2 heterocycles. The number of carbonyl (C=O) groups excluding carboxylic acids is 1. The summed E-state index contributed by atoms with van der Waals surface area (Å²) in [6.07, 6.45) is 5.56. The fourth-order valence-corrected chi connectivity index (χ4v) is 3.14. The molecular formula is C15H28N2O2. The van der Waals surface area contributed by atoms with E-state index in [1.165, 1.54) is 6.42 Å². The van der Waals surface area contributed by atoms with Gasteiger partial charge in [0.05, 0.1) is 6.04 Å². The topological polar surface area (TPSA) is 50.4 Å². The second-order valence-corrected chi connectivity index (χ2v) is 6.60. The fourth-order valence-electron chi connectivity index (χ4n) is 3.14. The van der Waals surface area contributed by atoms with Crippen molar-refractivity contribution < 1.29 is 9.53 Å². The van der Waals surface area contributed by atoms with E-state index in [9.17, 15) is 4.79 Å². The Morgan fingerprint density at radius 3 is 2.63 bits per heavy atom. The summed E-state index contributed by atoms with van der Waals surface area (Å²) in [7, 11) is 0. The molecule has 19 heavy (non-hydrogen) atoms. The molecule has 0 aliphatic carbocycles. The average molecular weight is 268 g/mol. The van der Waals surface area contributed by atoms with Gasteiger partial charge in [-0.2, -0.15) is 0 Å². The van der Waals surface area contributed by atoms with Gasteiger partial charge in [0.1, 0.15) is 0 Å². The lowest BCUT2D eigenvalue weighted by Crippen LogP contribution is -2.49. The summed E-state index contributed by atoms with van der Waals surface area (Å²) in [6.45, 7) is 8.00. The van der Waals surface area contributed by atoms with E-state index in [2.05, 4.69) is 24.5 Å². The van der Waals surface area contributed by atoms with Crippen LogP contribution in [0.25, 0.3) is 0 Å². The van der Waals surface area contributed by atoms with Gasteiger partial charge in [0.25, 0.3) is 0 Å². The van der Waals surface area contributed by atoms with Crippen LogP contribution in [0.2, 0.25) is 0 Å². The molecule has 2 rings (SSSR count). The van der Waals surface area contributed by atoms with Gasteiger partial charge in [-0.3, -0.25) is 4.79 Å². The van der Waals surface area contributed by atoms with E-state index in [1.807, 2.05) is 0 Å². The third-order valence-electron chi connectivity index (χ3n) is 4.67. The summed E-state index contributed by atoms with van der Waals surface area (Å²) < 4.78 is 5.42. The summed E-state index contributed by atoms with van der Waals surface area (Å²) >= 11 is 0. The highest BCUT2D eigenvalue weighted by molar-refractivity contribution is 5.81. The normalized spacial score (nSPS) is 26.1. The van der Waals surface area contributed by atoms with E-state index in [1.54, 1.807) is 0 Å². The zero-order valence-corrected chi connectivity index (χ0v) is 12.3. The second-order valence-electron chi connectivity index (χ2n) is 6.60. The first-order valence-electron chi connectivity index (χ1n) is 7.68. The third kappa shape index (κ3) is 4.18. The van der Waals surface area contributed by atoms with Gasteiger partial charge < -0.3 is 15.4 Å². The predicted octanol–water partition coefficient (Wildman–Crippen LogP) is 1.70. The number of hydrogen-bond acceptors (Lipinski definition) is 3. The van der Waals surface area contributed by atoms with Gasteiger partial charge in [-0.1, -0.05) is 20.3 Å². The van der Waals surface area contributed by atoms with Crippen LogP contribution in [-0.2, 0) is 9.53 Å². The first-order valence-corrected chi connectivity index (χ1v) is 7.68. The number of ether oxygens (including phenoxy) is 1. The maximum absolute atomic E-state index is 12.1. The van der Waals surface area contributed by atoms with E-state index >= 15 is 0 Å². The predicted molar refractivity (Wildman–Crippen MR) is 76.0 cm³/mol. The lowest BCUT2D eigenvalue weighted by atomic mass is 9.74. The molecule has 0 aromatic rings. The van der Waals surface area contributed by atoms with Crippen molar-refractivity contribution in [2.75, 3.05) is 26.3 Å². The highest BCUT2D eigenvalue weighted by Crippen LogP contribution is 2.33. The Kier molecular flexibility index (Phi) is 5.22. The molecule has 0 aromatic heterocycles. The molecule has 2 saturated heterocycles. The minimum atomic E-state index is 0.0271. The highest BCUT2D eigenvalue weighted by atomic mass is 16.5. The zero-order chi connectivity index (χ0) is 13.7. The second kappa shape index (κ2) is 6.71. The SMILES string of the molecule is CC(C)(CNC(=O)C1CCCCN1)C1CCOCC1. The molecule has 110 valence electrons. The van der Waals surface area contributed by atoms with Crippen LogP contribution in [0.4, 0.5) is 0 Å². The number of hydrogen-bond donors (Lipinski definition) is 2. The lowest BCUT2D eigenvalue weighted by Gasteiger charge is -2.37. The van der Waals surface area contributed by atoms with Crippen LogP contribution >= 0.6 is 0 Å².